The second kappa shape index (κ2) is 8.81. The highest BCUT2D eigenvalue weighted by molar-refractivity contribution is 7.15. The average Bonchev–Trinajstić information content (AvgIpc) is 3.13. The van der Waals surface area contributed by atoms with Crippen molar-refractivity contribution < 1.29 is 14.3 Å². The van der Waals surface area contributed by atoms with E-state index >= 15 is 0 Å². The van der Waals surface area contributed by atoms with Crippen LogP contribution in [-0.4, -0.2) is 43.6 Å². The van der Waals surface area contributed by atoms with Crippen LogP contribution in [0.5, 0.6) is 0 Å². The van der Waals surface area contributed by atoms with Gasteiger partial charge in [0.1, 0.15) is 5.60 Å². The molecule has 0 fully saturated rings. The fraction of sp³-hybridized carbons (Fsp3) is 0.409. The number of aromatic amines is 1. The molecule has 174 valence electrons. The third kappa shape index (κ3) is 5.14. The van der Waals surface area contributed by atoms with E-state index in [0.29, 0.717) is 35.5 Å². The molecule has 11 heteroatoms. The van der Waals surface area contributed by atoms with Crippen LogP contribution < -0.4 is 16.6 Å². The van der Waals surface area contributed by atoms with Gasteiger partial charge >= 0.3 is 11.8 Å². The first kappa shape index (κ1) is 22.7. The first-order chi connectivity index (χ1) is 15.6. The summed E-state index contributed by atoms with van der Waals surface area (Å²) in [5.74, 6) is -0.299. The first-order valence-electron chi connectivity index (χ1n) is 10.6. The Labute approximate surface area is 193 Å². The van der Waals surface area contributed by atoms with E-state index in [1.54, 1.807) is 29.2 Å². The van der Waals surface area contributed by atoms with Crippen molar-refractivity contribution in [1.29, 1.82) is 0 Å². The Hall–Kier alpha value is -3.47. The quantitative estimate of drug-likeness (QED) is 0.602. The molecule has 0 saturated heterocycles. The molecule has 2 aromatic heterocycles. The van der Waals surface area contributed by atoms with E-state index in [-0.39, 0.29) is 25.0 Å². The molecule has 2 amide bonds. The summed E-state index contributed by atoms with van der Waals surface area (Å²) in [6, 6.07) is 6.76. The average molecular weight is 472 g/mol. The van der Waals surface area contributed by atoms with Crippen LogP contribution >= 0.6 is 11.3 Å². The summed E-state index contributed by atoms with van der Waals surface area (Å²) in [6.07, 6.45) is 0.245. The molecule has 33 heavy (non-hydrogen) atoms. The summed E-state index contributed by atoms with van der Waals surface area (Å²) in [6.45, 7) is 6.47. The van der Waals surface area contributed by atoms with Gasteiger partial charge in [-0.05, 0) is 32.9 Å². The van der Waals surface area contributed by atoms with Gasteiger partial charge in [-0.25, -0.2) is 14.6 Å². The molecule has 1 aliphatic rings. The molecule has 0 unspecified atom stereocenters. The number of fused-ring (bicyclic) bond motifs is 2. The largest absolute Gasteiger partial charge is 0.444 e. The van der Waals surface area contributed by atoms with Crippen LogP contribution in [0.4, 0.5) is 9.93 Å². The Balaban J connectivity index is 1.40. The third-order valence-electron chi connectivity index (χ3n) is 5.10. The molecular weight excluding hydrogens is 446 g/mol. The topological polar surface area (TPSA) is 126 Å². The van der Waals surface area contributed by atoms with Gasteiger partial charge in [0.2, 0.25) is 5.91 Å². The van der Waals surface area contributed by atoms with Gasteiger partial charge in [-0.15, -0.1) is 0 Å². The molecular formula is C22H25N5O5S. The maximum Gasteiger partial charge on any atom is 0.410 e. The molecule has 0 aliphatic carbocycles. The molecule has 1 aromatic carbocycles. The second-order valence-electron chi connectivity index (χ2n) is 8.77. The molecule has 3 aromatic rings. The minimum absolute atomic E-state index is 0.0320. The lowest BCUT2D eigenvalue weighted by atomic mass is 10.2. The Morgan fingerprint density at radius 1 is 1.24 bits per heavy atom. The van der Waals surface area contributed by atoms with Crippen molar-refractivity contribution in [3.05, 3.63) is 55.7 Å². The highest BCUT2D eigenvalue weighted by Crippen LogP contribution is 2.29. The number of aromatic nitrogens is 3. The van der Waals surface area contributed by atoms with Crippen molar-refractivity contribution in [2.45, 2.75) is 52.3 Å². The third-order valence-corrected chi connectivity index (χ3v) is 6.09. The Morgan fingerprint density at radius 3 is 2.76 bits per heavy atom. The van der Waals surface area contributed by atoms with E-state index in [4.69, 9.17) is 4.74 Å². The number of H-pyrrole nitrogens is 1. The number of rotatable bonds is 4. The second-order valence-corrected chi connectivity index (χ2v) is 9.85. The number of nitrogens with zero attached hydrogens (tertiary/aromatic N) is 3. The predicted octanol–water partition coefficient (Wildman–Crippen LogP) is 2.47. The van der Waals surface area contributed by atoms with E-state index in [0.717, 1.165) is 10.6 Å². The molecule has 4 rings (SSSR count). The minimum Gasteiger partial charge on any atom is -0.444 e. The lowest BCUT2D eigenvalue weighted by molar-refractivity contribution is -0.116. The number of amides is 2. The maximum absolute atomic E-state index is 12.5. The minimum atomic E-state index is -0.566. The van der Waals surface area contributed by atoms with Gasteiger partial charge in [0.05, 0.1) is 23.1 Å². The standard InChI is InChI=1S/C22H25N5O5S/c1-22(2,3)32-21(31)26-10-8-14-16(12-26)33-19(23-14)24-17(28)9-11-27-15-7-5-4-6-13(15)18(29)25-20(27)30/h4-7H,8-12H2,1-3H3,(H,23,24,28)(H,25,29,30). The number of thiazole rings is 1. The van der Waals surface area contributed by atoms with Crippen LogP contribution in [0.1, 0.15) is 37.8 Å². The number of carbonyl (C=O) groups excluding carboxylic acids is 2. The van der Waals surface area contributed by atoms with Gasteiger partial charge < -0.3 is 15.0 Å². The van der Waals surface area contributed by atoms with E-state index in [2.05, 4.69) is 15.3 Å². The van der Waals surface area contributed by atoms with Gasteiger partial charge in [-0.2, -0.15) is 0 Å². The van der Waals surface area contributed by atoms with Crippen LogP contribution in [-0.2, 0) is 29.0 Å². The highest BCUT2D eigenvalue weighted by atomic mass is 32.1. The van der Waals surface area contributed by atoms with Gasteiger partial charge in [0.25, 0.3) is 5.56 Å². The molecule has 0 atom stereocenters. The normalized spacial score (nSPS) is 13.6. The fourth-order valence-corrected chi connectivity index (χ4v) is 4.63. The van der Waals surface area contributed by atoms with Crippen LogP contribution in [0.15, 0.2) is 33.9 Å². The Morgan fingerprint density at radius 2 is 2.00 bits per heavy atom. The van der Waals surface area contributed by atoms with Crippen LogP contribution in [0.3, 0.4) is 0 Å². The molecule has 0 saturated carbocycles. The van der Waals surface area contributed by atoms with Crippen molar-refractivity contribution in [3.63, 3.8) is 0 Å². The molecule has 2 N–H and O–H groups in total. The Kier molecular flexibility index (Phi) is 6.07. The zero-order valence-corrected chi connectivity index (χ0v) is 19.5. The van der Waals surface area contributed by atoms with Gasteiger partial charge in [-0.3, -0.25) is 19.1 Å². The first-order valence-corrected chi connectivity index (χ1v) is 11.4. The summed E-state index contributed by atoms with van der Waals surface area (Å²) in [5.41, 5.74) is -0.240. The zero-order valence-electron chi connectivity index (χ0n) is 18.6. The number of ether oxygens (including phenoxy) is 1. The Bertz CT molecular complexity index is 1330. The molecule has 0 spiro atoms. The van der Waals surface area contributed by atoms with Crippen LogP contribution in [0, 0.1) is 0 Å². The molecule has 3 heterocycles. The summed E-state index contributed by atoms with van der Waals surface area (Å²) in [7, 11) is 0. The van der Waals surface area contributed by atoms with Gasteiger partial charge in [0.15, 0.2) is 5.13 Å². The van der Waals surface area contributed by atoms with Crippen LogP contribution in [0.2, 0.25) is 0 Å². The van der Waals surface area contributed by atoms with E-state index < -0.39 is 16.9 Å². The zero-order chi connectivity index (χ0) is 23.8. The number of nitrogens with one attached hydrogen (secondary N) is 2. The van der Waals surface area contributed by atoms with Crippen molar-refractivity contribution in [2.75, 3.05) is 11.9 Å². The van der Waals surface area contributed by atoms with Crippen LogP contribution in [0.25, 0.3) is 10.9 Å². The summed E-state index contributed by atoms with van der Waals surface area (Å²) >= 11 is 1.32. The van der Waals surface area contributed by atoms with Crippen molar-refractivity contribution >= 4 is 39.4 Å². The summed E-state index contributed by atoms with van der Waals surface area (Å²) in [4.78, 5) is 58.4. The monoisotopic (exact) mass is 471 g/mol. The fourth-order valence-electron chi connectivity index (χ4n) is 3.59. The lowest BCUT2D eigenvalue weighted by Gasteiger charge is -2.29. The highest BCUT2D eigenvalue weighted by Gasteiger charge is 2.28. The molecule has 0 bridgehead atoms. The summed E-state index contributed by atoms with van der Waals surface area (Å²) in [5, 5.41) is 3.62. The number of carbonyl (C=O) groups is 2. The number of anilines is 1. The van der Waals surface area contributed by atoms with Crippen molar-refractivity contribution in [1.82, 2.24) is 19.4 Å². The smallest absolute Gasteiger partial charge is 0.410 e. The number of hydrogen-bond acceptors (Lipinski definition) is 7. The predicted molar refractivity (Wildman–Crippen MR) is 125 cm³/mol. The SMILES string of the molecule is CC(C)(C)OC(=O)N1CCc2nc(NC(=O)CCn3c(=O)[nH]c(=O)c4ccccc43)sc2C1. The maximum atomic E-state index is 12.5. The number of aryl methyl sites for hydroxylation is 1. The van der Waals surface area contributed by atoms with E-state index in [9.17, 15) is 19.2 Å². The number of hydrogen-bond donors (Lipinski definition) is 2. The number of benzene rings is 1. The van der Waals surface area contributed by atoms with Crippen molar-refractivity contribution in [3.8, 4) is 0 Å². The number of para-hydroxylation sites is 1. The van der Waals surface area contributed by atoms with E-state index in [1.807, 2.05) is 20.8 Å². The summed E-state index contributed by atoms with van der Waals surface area (Å²) < 4.78 is 6.81. The molecule has 10 nitrogen and oxygen atoms in total. The lowest BCUT2D eigenvalue weighted by Crippen LogP contribution is -2.39. The molecule has 0 radical (unpaired) electrons. The van der Waals surface area contributed by atoms with Crippen molar-refractivity contribution in [2.24, 2.45) is 0 Å². The van der Waals surface area contributed by atoms with Gasteiger partial charge in [0, 0.05) is 30.8 Å². The van der Waals surface area contributed by atoms with E-state index in [1.165, 1.54) is 15.9 Å². The molecule has 1 aliphatic heterocycles. The van der Waals surface area contributed by atoms with Gasteiger partial charge in [-0.1, -0.05) is 23.5 Å².